The normalized spacial score (nSPS) is 17.7. The number of terminal acetylenes is 1. The molecule has 166 valence electrons. The number of piperazine rings is 1. The topological polar surface area (TPSA) is 112 Å². The van der Waals surface area contributed by atoms with E-state index in [1.807, 2.05) is 0 Å². The van der Waals surface area contributed by atoms with Crippen LogP contribution in [0.5, 0.6) is 0 Å². The molecule has 2 heterocycles. The van der Waals surface area contributed by atoms with Crippen LogP contribution in [-0.2, 0) is 19.6 Å². The van der Waals surface area contributed by atoms with Crippen LogP contribution < -0.4 is 5.32 Å². The van der Waals surface area contributed by atoms with Gasteiger partial charge in [-0.3, -0.25) is 9.59 Å². The fourth-order valence-corrected chi connectivity index (χ4v) is 4.90. The van der Waals surface area contributed by atoms with Crippen molar-refractivity contribution < 1.29 is 18.0 Å². The zero-order valence-electron chi connectivity index (χ0n) is 17.4. The van der Waals surface area contributed by atoms with Crippen LogP contribution in [0.15, 0.2) is 45.5 Å². The first-order valence-electron chi connectivity index (χ1n) is 10.3. The fourth-order valence-electron chi connectivity index (χ4n) is 3.46. The molecule has 0 bridgehead atoms. The number of sulfonamides is 1. The SMILES string of the molecule is C#CCCC1(CCNC(=O)CCC(=O)N2CCN(S(=O)(=O)c3ccccc3)CC2)N=N1. The first-order valence-corrected chi connectivity index (χ1v) is 11.8. The Kier molecular flexibility index (Phi) is 7.41. The second kappa shape index (κ2) is 10.0. The minimum Gasteiger partial charge on any atom is -0.356 e. The molecule has 0 radical (unpaired) electrons. The van der Waals surface area contributed by atoms with Gasteiger partial charge in [-0.05, 0) is 12.1 Å². The predicted molar refractivity (Wildman–Crippen MR) is 114 cm³/mol. The van der Waals surface area contributed by atoms with Crippen molar-refractivity contribution in [3.8, 4) is 12.3 Å². The third-order valence-corrected chi connectivity index (χ3v) is 7.35. The van der Waals surface area contributed by atoms with Crippen LogP contribution in [0.1, 0.15) is 32.1 Å². The monoisotopic (exact) mass is 445 g/mol. The van der Waals surface area contributed by atoms with Crippen molar-refractivity contribution in [3.05, 3.63) is 30.3 Å². The summed E-state index contributed by atoms with van der Waals surface area (Å²) in [5.41, 5.74) is -0.435. The van der Waals surface area contributed by atoms with Crippen molar-refractivity contribution in [2.45, 2.75) is 42.7 Å². The maximum absolute atomic E-state index is 12.7. The highest BCUT2D eigenvalue weighted by molar-refractivity contribution is 7.89. The molecule has 3 rings (SSSR count). The molecule has 2 aliphatic heterocycles. The highest BCUT2D eigenvalue weighted by Crippen LogP contribution is 2.36. The molecule has 0 unspecified atom stereocenters. The number of benzene rings is 1. The highest BCUT2D eigenvalue weighted by atomic mass is 32.2. The number of carbonyl (C=O) groups is 2. The van der Waals surface area contributed by atoms with Crippen molar-refractivity contribution in [1.82, 2.24) is 14.5 Å². The highest BCUT2D eigenvalue weighted by Gasteiger charge is 2.38. The summed E-state index contributed by atoms with van der Waals surface area (Å²) in [6.07, 6.45) is 7.32. The van der Waals surface area contributed by atoms with E-state index in [0.29, 0.717) is 38.9 Å². The second-order valence-electron chi connectivity index (χ2n) is 7.58. The molecule has 10 heteroatoms. The molecule has 2 aliphatic rings. The average molecular weight is 446 g/mol. The molecular formula is C21H27N5O4S. The Morgan fingerprint density at radius 1 is 1.06 bits per heavy atom. The first-order chi connectivity index (χ1) is 14.9. The maximum atomic E-state index is 12.7. The number of hydrogen-bond acceptors (Lipinski definition) is 6. The quantitative estimate of drug-likeness (QED) is 0.549. The van der Waals surface area contributed by atoms with Gasteiger partial charge in [-0.1, -0.05) is 18.2 Å². The van der Waals surface area contributed by atoms with Crippen molar-refractivity contribution in [3.63, 3.8) is 0 Å². The van der Waals surface area contributed by atoms with Crippen LogP contribution >= 0.6 is 0 Å². The molecule has 1 saturated heterocycles. The van der Waals surface area contributed by atoms with Gasteiger partial charge in [0.15, 0.2) is 5.66 Å². The lowest BCUT2D eigenvalue weighted by molar-refractivity contribution is -0.134. The zero-order chi connectivity index (χ0) is 22.3. The first kappa shape index (κ1) is 22.9. The fraction of sp³-hybridized carbons (Fsp3) is 0.524. The molecule has 0 aliphatic carbocycles. The summed E-state index contributed by atoms with van der Waals surface area (Å²) < 4.78 is 26.7. The van der Waals surface area contributed by atoms with Gasteiger partial charge in [0.2, 0.25) is 21.8 Å². The third kappa shape index (κ3) is 6.12. The second-order valence-corrected chi connectivity index (χ2v) is 9.52. The lowest BCUT2D eigenvalue weighted by atomic mass is 10.0. The molecule has 1 aromatic rings. The third-order valence-electron chi connectivity index (χ3n) is 5.44. The van der Waals surface area contributed by atoms with Gasteiger partial charge < -0.3 is 10.2 Å². The molecule has 0 aromatic heterocycles. The number of carbonyl (C=O) groups excluding carboxylic acids is 2. The standard InChI is InChI=1S/C21H27N5O4S/c1-2-3-11-21(23-24-21)12-13-22-19(27)9-10-20(28)25-14-16-26(17-15-25)31(29,30)18-7-5-4-6-8-18/h1,4-8H,3,9-17H2,(H,22,27). The van der Waals surface area contributed by atoms with E-state index in [2.05, 4.69) is 21.5 Å². The predicted octanol–water partition coefficient (Wildman–Crippen LogP) is 1.38. The Balaban J connectivity index is 1.35. The maximum Gasteiger partial charge on any atom is 0.243 e. The molecule has 9 nitrogen and oxygen atoms in total. The van der Waals surface area contributed by atoms with Gasteiger partial charge in [0, 0.05) is 64.8 Å². The van der Waals surface area contributed by atoms with Crippen LogP contribution in [0, 0.1) is 12.3 Å². The van der Waals surface area contributed by atoms with E-state index >= 15 is 0 Å². The minimum atomic E-state index is -3.56. The van der Waals surface area contributed by atoms with Crippen molar-refractivity contribution in [1.29, 1.82) is 0 Å². The molecular weight excluding hydrogens is 418 g/mol. The Labute approximate surface area is 182 Å². The van der Waals surface area contributed by atoms with E-state index < -0.39 is 15.7 Å². The molecule has 0 saturated carbocycles. The summed E-state index contributed by atoms with van der Waals surface area (Å²) in [4.78, 5) is 26.3. The van der Waals surface area contributed by atoms with E-state index in [4.69, 9.17) is 6.42 Å². The zero-order valence-corrected chi connectivity index (χ0v) is 18.2. The van der Waals surface area contributed by atoms with E-state index in [-0.39, 0.29) is 42.6 Å². The summed E-state index contributed by atoms with van der Waals surface area (Å²) in [7, 11) is -3.56. The summed E-state index contributed by atoms with van der Waals surface area (Å²) in [6.45, 7) is 1.53. The van der Waals surface area contributed by atoms with Crippen molar-refractivity contribution >= 4 is 21.8 Å². The lowest BCUT2D eigenvalue weighted by Crippen LogP contribution is -2.50. The molecule has 31 heavy (non-hydrogen) atoms. The van der Waals surface area contributed by atoms with Crippen LogP contribution in [-0.4, -0.2) is 67.8 Å². The van der Waals surface area contributed by atoms with Gasteiger partial charge in [0.25, 0.3) is 0 Å². The Morgan fingerprint density at radius 2 is 1.74 bits per heavy atom. The van der Waals surface area contributed by atoms with Crippen molar-refractivity contribution in [2.24, 2.45) is 10.2 Å². The Hall–Kier alpha value is -2.77. The van der Waals surface area contributed by atoms with E-state index in [1.165, 1.54) is 4.31 Å². The summed E-state index contributed by atoms with van der Waals surface area (Å²) in [5.74, 6) is 2.21. The number of amides is 2. The molecule has 1 aromatic carbocycles. The van der Waals surface area contributed by atoms with Gasteiger partial charge in [0.1, 0.15) is 0 Å². The molecule has 0 spiro atoms. The van der Waals surface area contributed by atoms with Gasteiger partial charge in [-0.25, -0.2) is 8.42 Å². The molecule has 0 atom stereocenters. The number of nitrogens with zero attached hydrogens (tertiary/aromatic N) is 4. The van der Waals surface area contributed by atoms with E-state index in [1.54, 1.807) is 35.2 Å². The Bertz CT molecular complexity index is 957. The minimum absolute atomic E-state index is 0.0903. The number of nitrogens with one attached hydrogen (secondary N) is 1. The van der Waals surface area contributed by atoms with E-state index in [9.17, 15) is 18.0 Å². The van der Waals surface area contributed by atoms with Gasteiger partial charge >= 0.3 is 0 Å². The van der Waals surface area contributed by atoms with Crippen LogP contribution in [0.3, 0.4) is 0 Å². The van der Waals surface area contributed by atoms with Crippen molar-refractivity contribution in [2.75, 3.05) is 32.7 Å². The van der Waals surface area contributed by atoms with Crippen LogP contribution in [0.25, 0.3) is 0 Å². The summed E-state index contributed by atoms with van der Waals surface area (Å²) in [6, 6.07) is 8.26. The summed E-state index contributed by atoms with van der Waals surface area (Å²) in [5, 5.41) is 10.8. The van der Waals surface area contributed by atoms with Crippen LogP contribution in [0.4, 0.5) is 0 Å². The molecule has 1 N–H and O–H groups in total. The van der Waals surface area contributed by atoms with Gasteiger partial charge in [-0.15, -0.1) is 12.3 Å². The smallest absolute Gasteiger partial charge is 0.243 e. The molecule has 1 fully saturated rings. The average Bonchev–Trinajstić information content (AvgIpc) is 3.56. The van der Waals surface area contributed by atoms with Gasteiger partial charge in [-0.2, -0.15) is 14.5 Å². The molecule has 2 amide bonds. The number of rotatable bonds is 10. The van der Waals surface area contributed by atoms with E-state index in [0.717, 1.165) is 0 Å². The number of hydrogen-bond donors (Lipinski definition) is 1. The summed E-state index contributed by atoms with van der Waals surface area (Å²) >= 11 is 0. The Morgan fingerprint density at radius 3 is 2.35 bits per heavy atom. The van der Waals surface area contributed by atoms with Crippen LogP contribution in [0.2, 0.25) is 0 Å². The largest absolute Gasteiger partial charge is 0.356 e. The van der Waals surface area contributed by atoms with Gasteiger partial charge in [0.05, 0.1) is 4.90 Å². The lowest BCUT2D eigenvalue weighted by Gasteiger charge is -2.34.